The summed E-state index contributed by atoms with van der Waals surface area (Å²) in [4.78, 5) is 17.8. The van der Waals surface area contributed by atoms with Gasteiger partial charge in [-0.25, -0.2) is 23.7 Å². The summed E-state index contributed by atoms with van der Waals surface area (Å²) in [5.41, 5.74) is 0.550. The number of aromatic nitrogens is 4. The number of fused-ring (bicyclic) bond motifs is 1. The van der Waals surface area contributed by atoms with Crippen molar-refractivity contribution in [2.24, 2.45) is 0 Å². The zero-order valence-electron chi connectivity index (χ0n) is 16.4. The van der Waals surface area contributed by atoms with E-state index in [0.717, 1.165) is 23.3 Å². The second-order valence-electron chi connectivity index (χ2n) is 7.48. The normalized spacial score (nSPS) is 18.2. The van der Waals surface area contributed by atoms with Crippen LogP contribution >= 0.6 is 11.3 Å². The molecule has 32 heavy (non-hydrogen) atoms. The minimum absolute atomic E-state index is 0.0255. The van der Waals surface area contributed by atoms with Crippen LogP contribution in [0.15, 0.2) is 36.5 Å². The number of benzene rings is 1. The molecule has 0 aliphatic heterocycles. The number of nitrogens with zero attached hydrogens (tertiary/aromatic N) is 4. The van der Waals surface area contributed by atoms with Crippen molar-refractivity contribution in [2.75, 3.05) is 5.32 Å². The Hall–Kier alpha value is -3.21. The van der Waals surface area contributed by atoms with Crippen LogP contribution in [0.25, 0.3) is 21.9 Å². The Kier molecular flexibility index (Phi) is 4.81. The second-order valence-corrected chi connectivity index (χ2v) is 8.66. The van der Waals surface area contributed by atoms with E-state index in [2.05, 4.69) is 25.3 Å². The van der Waals surface area contributed by atoms with Crippen LogP contribution in [0.4, 0.5) is 27.8 Å². The molecule has 0 spiro atoms. The zero-order chi connectivity index (χ0) is 22.6. The lowest BCUT2D eigenvalue weighted by molar-refractivity contribution is -0.137. The fourth-order valence-corrected chi connectivity index (χ4v) is 4.26. The number of hydrogen-bond acceptors (Lipinski definition) is 6. The molecule has 164 valence electrons. The summed E-state index contributed by atoms with van der Waals surface area (Å²) >= 11 is 1.33. The highest BCUT2D eigenvalue weighted by Gasteiger charge is 2.39. The Balaban J connectivity index is 1.46. The van der Waals surface area contributed by atoms with Gasteiger partial charge in [0.05, 0.1) is 10.6 Å². The van der Waals surface area contributed by atoms with E-state index < -0.39 is 23.4 Å². The lowest BCUT2D eigenvalue weighted by Gasteiger charge is -2.09. The van der Waals surface area contributed by atoms with Gasteiger partial charge in [0.15, 0.2) is 23.3 Å². The van der Waals surface area contributed by atoms with Crippen molar-refractivity contribution in [3.8, 4) is 11.5 Å². The molecular formula is C21H14F5N5S. The van der Waals surface area contributed by atoms with E-state index in [4.69, 9.17) is 0 Å². The minimum Gasteiger partial charge on any atom is -0.365 e. The molecule has 1 aromatic carbocycles. The van der Waals surface area contributed by atoms with Gasteiger partial charge in [-0.2, -0.15) is 13.2 Å². The summed E-state index contributed by atoms with van der Waals surface area (Å²) in [6, 6.07) is 5.91. The summed E-state index contributed by atoms with van der Waals surface area (Å²) in [5, 5.41) is 4.02. The third-order valence-corrected chi connectivity index (χ3v) is 6.03. The van der Waals surface area contributed by atoms with Crippen molar-refractivity contribution in [1.82, 2.24) is 19.9 Å². The molecule has 5 nitrogen and oxygen atoms in total. The molecule has 1 fully saturated rings. The third-order valence-electron chi connectivity index (χ3n) is 5.17. The monoisotopic (exact) mass is 463 g/mol. The van der Waals surface area contributed by atoms with Crippen molar-refractivity contribution in [2.45, 2.75) is 31.5 Å². The molecule has 0 radical (unpaired) electrons. The van der Waals surface area contributed by atoms with E-state index in [0.29, 0.717) is 28.1 Å². The van der Waals surface area contributed by atoms with Gasteiger partial charge in [-0.1, -0.05) is 17.4 Å². The molecule has 1 N–H and O–H groups in total. The zero-order valence-corrected chi connectivity index (χ0v) is 17.2. The summed E-state index contributed by atoms with van der Waals surface area (Å²) in [6.45, 7) is 1.81. The van der Waals surface area contributed by atoms with Crippen molar-refractivity contribution >= 4 is 27.5 Å². The van der Waals surface area contributed by atoms with Crippen LogP contribution in [-0.2, 0) is 6.18 Å². The quantitative estimate of drug-likeness (QED) is 0.392. The molecule has 0 bridgehead atoms. The maximum absolute atomic E-state index is 13.6. The molecule has 2 atom stereocenters. The van der Waals surface area contributed by atoms with E-state index >= 15 is 0 Å². The molecule has 3 heterocycles. The molecule has 0 unspecified atom stereocenters. The Morgan fingerprint density at radius 3 is 2.53 bits per heavy atom. The van der Waals surface area contributed by atoms with Crippen molar-refractivity contribution in [3.63, 3.8) is 0 Å². The Labute approximate surface area is 182 Å². The Morgan fingerprint density at radius 2 is 1.84 bits per heavy atom. The molecule has 4 aromatic rings. The van der Waals surface area contributed by atoms with Crippen molar-refractivity contribution < 1.29 is 22.0 Å². The van der Waals surface area contributed by atoms with Gasteiger partial charge in [0, 0.05) is 18.2 Å². The lowest BCUT2D eigenvalue weighted by Crippen LogP contribution is -2.09. The molecule has 11 heteroatoms. The molecule has 5 rings (SSSR count). The summed E-state index contributed by atoms with van der Waals surface area (Å²) < 4.78 is 65.3. The first kappa shape index (κ1) is 20.7. The van der Waals surface area contributed by atoms with Crippen molar-refractivity contribution in [1.29, 1.82) is 0 Å². The van der Waals surface area contributed by atoms with Crippen LogP contribution < -0.4 is 5.32 Å². The molecule has 3 aromatic heterocycles. The van der Waals surface area contributed by atoms with E-state index in [-0.39, 0.29) is 23.5 Å². The molecule has 1 aliphatic rings. The maximum atomic E-state index is 13.6. The topological polar surface area (TPSA) is 63.6 Å². The number of thiazole rings is 1. The van der Waals surface area contributed by atoms with Crippen LogP contribution in [0.5, 0.6) is 0 Å². The van der Waals surface area contributed by atoms with Gasteiger partial charge in [0.1, 0.15) is 16.0 Å². The van der Waals surface area contributed by atoms with Gasteiger partial charge in [-0.05, 0) is 43.2 Å². The Morgan fingerprint density at radius 1 is 1.03 bits per heavy atom. The van der Waals surface area contributed by atoms with Gasteiger partial charge >= 0.3 is 6.18 Å². The first-order chi connectivity index (χ1) is 15.2. The summed E-state index contributed by atoms with van der Waals surface area (Å²) in [7, 11) is 0. The standard InChI is InChI=1S/C21H14F5N5S/c1-9-28-17-19(29-16-7-12(16)10-2-4-13(22)14(23)6-10)30-18(31-20(17)32-9)15-5-3-11(8-27-15)21(24,25)26/h2-6,8,12,16H,7H2,1H3,(H,29,30,31)/t12-,16+/m0/s1. The van der Waals surface area contributed by atoms with Crippen LogP contribution in [0.3, 0.4) is 0 Å². The first-order valence-electron chi connectivity index (χ1n) is 9.59. The third kappa shape index (κ3) is 3.88. The SMILES string of the molecule is Cc1nc2c(N[C@@H]3C[C@H]3c3ccc(F)c(F)c3)nc(-c3ccc(C(F)(F)F)cn3)nc2s1. The number of anilines is 1. The average Bonchev–Trinajstić information content (AvgIpc) is 3.40. The highest BCUT2D eigenvalue weighted by atomic mass is 32.1. The fourth-order valence-electron chi connectivity index (χ4n) is 3.48. The number of rotatable bonds is 4. The molecule has 1 saturated carbocycles. The van der Waals surface area contributed by atoms with E-state index in [1.165, 1.54) is 23.5 Å². The Bertz CT molecular complexity index is 1320. The van der Waals surface area contributed by atoms with E-state index in [1.54, 1.807) is 6.07 Å². The lowest BCUT2D eigenvalue weighted by atomic mass is 10.1. The highest BCUT2D eigenvalue weighted by Crippen LogP contribution is 2.44. The van der Waals surface area contributed by atoms with Gasteiger partial charge in [0.2, 0.25) is 0 Å². The molecule has 0 saturated heterocycles. The number of nitrogens with one attached hydrogen (secondary N) is 1. The number of hydrogen-bond donors (Lipinski definition) is 1. The minimum atomic E-state index is -4.49. The fraction of sp³-hybridized carbons (Fsp3) is 0.238. The maximum Gasteiger partial charge on any atom is 0.417 e. The van der Waals surface area contributed by atoms with Gasteiger partial charge < -0.3 is 5.32 Å². The number of alkyl halides is 3. The summed E-state index contributed by atoms with van der Waals surface area (Å²) in [5.74, 6) is -1.23. The van der Waals surface area contributed by atoms with Gasteiger partial charge in [-0.15, -0.1) is 0 Å². The van der Waals surface area contributed by atoms with Crippen LogP contribution in [0, 0.1) is 18.6 Å². The van der Waals surface area contributed by atoms with E-state index in [1.807, 2.05) is 6.92 Å². The molecule has 0 amide bonds. The smallest absolute Gasteiger partial charge is 0.365 e. The predicted molar refractivity (Wildman–Crippen MR) is 109 cm³/mol. The first-order valence-corrected chi connectivity index (χ1v) is 10.4. The molecule has 1 aliphatic carbocycles. The average molecular weight is 463 g/mol. The van der Waals surface area contributed by atoms with E-state index in [9.17, 15) is 22.0 Å². The van der Waals surface area contributed by atoms with Crippen molar-refractivity contribution in [3.05, 3.63) is 64.3 Å². The van der Waals surface area contributed by atoms with Gasteiger partial charge in [-0.3, -0.25) is 4.98 Å². The summed E-state index contributed by atoms with van der Waals surface area (Å²) in [6.07, 6.45) is -3.06. The number of pyridine rings is 1. The number of halogens is 5. The van der Waals surface area contributed by atoms with Crippen LogP contribution in [0.2, 0.25) is 0 Å². The highest BCUT2D eigenvalue weighted by molar-refractivity contribution is 7.18. The van der Waals surface area contributed by atoms with Crippen LogP contribution in [-0.4, -0.2) is 26.0 Å². The largest absolute Gasteiger partial charge is 0.417 e. The van der Waals surface area contributed by atoms with Crippen LogP contribution in [0.1, 0.15) is 28.5 Å². The van der Waals surface area contributed by atoms with Gasteiger partial charge in [0.25, 0.3) is 0 Å². The number of aryl methyl sites for hydroxylation is 1. The molecular weight excluding hydrogens is 449 g/mol. The predicted octanol–water partition coefficient (Wildman–Crippen LogP) is 5.72. The second kappa shape index (κ2) is 7.44.